The summed E-state index contributed by atoms with van der Waals surface area (Å²) in [5, 5.41) is 14.0. The first-order valence-corrected chi connectivity index (χ1v) is 10.4. The molecule has 0 amide bonds. The van der Waals surface area contributed by atoms with Gasteiger partial charge in [0.2, 0.25) is 0 Å². The van der Waals surface area contributed by atoms with Gasteiger partial charge in [-0.2, -0.15) is 0 Å². The van der Waals surface area contributed by atoms with Gasteiger partial charge >= 0.3 is 0 Å². The molecule has 5 heteroatoms. The predicted molar refractivity (Wildman–Crippen MR) is 120 cm³/mol. The van der Waals surface area contributed by atoms with Gasteiger partial charge in [-0.1, -0.05) is 54.6 Å². The van der Waals surface area contributed by atoms with Crippen molar-refractivity contribution >= 4 is 11.4 Å². The summed E-state index contributed by atoms with van der Waals surface area (Å²) in [5.74, 6) is -0.287. The summed E-state index contributed by atoms with van der Waals surface area (Å²) in [5.41, 5.74) is 4.23. The summed E-state index contributed by atoms with van der Waals surface area (Å²) in [7, 11) is 1.82. The summed E-state index contributed by atoms with van der Waals surface area (Å²) >= 11 is 0. The largest absolute Gasteiger partial charge is 0.389 e. The normalized spacial score (nSPS) is 15.6. The zero-order chi connectivity index (χ0) is 20.9. The summed E-state index contributed by atoms with van der Waals surface area (Å²) in [6.07, 6.45) is -0.675. The molecule has 30 heavy (non-hydrogen) atoms. The maximum atomic E-state index is 14.0. The minimum Gasteiger partial charge on any atom is -0.389 e. The van der Waals surface area contributed by atoms with Crippen molar-refractivity contribution in [1.82, 2.24) is 5.32 Å². The maximum absolute atomic E-state index is 14.0. The summed E-state index contributed by atoms with van der Waals surface area (Å²) in [6.45, 7) is 2.82. The van der Waals surface area contributed by atoms with Crippen LogP contribution in [0, 0.1) is 5.82 Å². The Morgan fingerprint density at radius 2 is 1.67 bits per heavy atom. The van der Waals surface area contributed by atoms with Crippen LogP contribution < -0.4 is 15.1 Å². The minimum atomic E-state index is -0.675. The Balaban J connectivity index is 1.70. The third kappa shape index (κ3) is 4.32. The molecule has 0 aliphatic carbocycles. The van der Waals surface area contributed by atoms with E-state index < -0.39 is 6.10 Å². The first kappa shape index (κ1) is 20.4. The van der Waals surface area contributed by atoms with Gasteiger partial charge in [0.15, 0.2) is 0 Å². The lowest BCUT2D eigenvalue weighted by Crippen LogP contribution is -2.47. The van der Waals surface area contributed by atoms with Gasteiger partial charge in [-0.25, -0.2) is 4.39 Å². The third-order valence-electron chi connectivity index (χ3n) is 5.66. The van der Waals surface area contributed by atoms with E-state index in [4.69, 9.17) is 0 Å². The Kier molecular flexibility index (Phi) is 6.31. The lowest BCUT2D eigenvalue weighted by atomic mass is 9.96. The quantitative estimate of drug-likeness (QED) is 0.624. The Labute approximate surface area is 177 Å². The number of rotatable bonds is 7. The van der Waals surface area contributed by atoms with Crippen molar-refractivity contribution in [2.75, 3.05) is 36.5 Å². The van der Waals surface area contributed by atoms with E-state index >= 15 is 0 Å². The fraction of sp³-hybridized carbons (Fsp3) is 0.280. The molecule has 0 spiro atoms. The molecule has 0 saturated carbocycles. The van der Waals surface area contributed by atoms with Crippen LogP contribution in [-0.4, -0.2) is 37.9 Å². The Hall–Kier alpha value is -2.89. The highest BCUT2D eigenvalue weighted by atomic mass is 19.1. The number of aliphatic hydroxyl groups excluding tert-OH is 1. The van der Waals surface area contributed by atoms with E-state index in [2.05, 4.69) is 51.5 Å². The van der Waals surface area contributed by atoms with Crippen LogP contribution in [0.2, 0.25) is 0 Å². The topological polar surface area (TPSA) is 38.7 Å². The monoisotopic (exact) mass is 405 g/mol. The van der Waals surface area contributed by atoms with E-state index in [1.54, 1.807) is 6.07 Å². The Morgan fingerprint density at radius 1 is 0.933 bits per heavy atom. The van der Waals surface area contributed by atoms with Crippen molar-refractivity contribution in [2.24, 2.45) is 0 Å². The molecule has 4 rings (SSSR count). The number of hydrogen-bond acceptors (Lipinski definition) is 4. The smallest absolute Gasteiger partial charge is 0.123 e. The number of aliphatic hydroxyl groups is 1. The molecule has 0 bridgehead atoms. The highest BCUT2D eigenvalue weighted by Crippen LogP contribution is 2.39. The zero-order valence-electron chi connectivity index (χ0n) is 17.2. The van der Waals surface area contributed by atoms with Crippen molar-refractivity contribution in [3.05, 3.63) is 95.8 Å². The molecule has 156 valence electrons. The SMILES string of the molecule is CNC[C@@H](O)[C@H](c1cccc(F)c1)N1CCN(Cc2ccccc2)c2ccccc21. The van der Waals surface area contributed by atoms with Crippen molar-refractivity contribution in [3.8, 4) is 0 Å². The molecule has 1 aliphatic heterocycles. The zero-order valence-corrected chi connectivity index (χ0v) is 17.2. The number of likely N-dealkylation sites (N-methyl/N-ethyl adjacent to an activating group) is 1. The van der Waals surface area contributed by atoms with E-state index in [0.29, 0.717) is 6.54 Å². The highest BCUT2D eigenvalue weighted by molar-refractivity contribution is 5.74. The first-order valence-electron chi connectivity index (χ1n) is 10.4. The van der Waals surface area contributed by atoms with E-state index in [9.17, 15) is 9.50 Å². The highest BCUT2D eigenvalue weighted by Gasteiger charge is 2.33. The second-order valence-electron chi connectivity index (χ2n) is 7.71. The fourth-order valence-corrected chi connectivity index (χ4v) is 4.32. The molecule has 1 heterocycles. The van der Waals surface area contributed by atoms with Crippen LogP contribution >= 0.6 is 0 Å². The average molecular weight is 406 g/mol. The van der Waals surface area contributed by atoms with Gasteiger partial charge in [0, 0.05) is 26.2 Å². The van der Waals surface area contributed by atoms with Gasteiger partial charge < -0.3 is 20.2 Å². The van der Waals surface area contributed by atoms with Crippen LogP contribution in [-0.2, 0) is 6.54 Å². The van der Waals surface area contributed by atoms with E-state index in [0.717, 1.165) is 36.6 Å². The molecular weight excluding hydrogens is 377 g/mol. The number of para-hydroxylation sites is 2. The lowest BCUT2D eigenvalue weighted by Gasteiger charge is -2.44. The first-order chi connectivity index (χ1) is 14.7. The second kappa shape index (κ2) is 9.28. The van der Waals surface area contributed by atoms with Crippen LogP contribution in [0.25, 0.3) is 0 Å². The molecule has 0 aromatic heterocycles. The molecule has 0 unspecified atom stereocenters. The van der Waals surface area contributed by atoms with E-state index in [1.807, 2.05) is 31.3 Å². The van der Waals surface area contributed by atoms with Crippen LogP contribution in [0.5, 0.6) is 0 Å². The summed E-state index contributed by atoms with van der Waals surface area (Å²) in [6, 6.07) is 24.9. The standard InChI is InChI=1S/C25H28FN3O/c1-27-17-24(30)25(20-10-7-11-21(26)16-20)29-15-14-28(18-19-8-3-2-4-9-19)22-12-5-6-13-23(22)29/h2-13,16,24-25,27,30H,14-15,17-18H2,1H3/t24-,25+/m1/s1. The van der Waals surface area contributed by atoms with Crippen molar-refractivity contribution in [2.45, 2.75) is 18.7 Å². The molecule has 1 aliphatic rings. The number of halogens is 1. The number of nitrogens with one attached hydrogen (secondary N) is 1. The molecule has 0 radical (unpaired) electrons. The predicted octanol–water partition coefficient (Wildman–Crippen LogP) is 3.97. The van der Waals surface area contributed by atoms with Gasteiger partial charge in [0.05, 0.1) is 23.5 Å². The minimum absolute atomic E-state index is 0.287. The van der Waals surface area contributed by atoms with Crippen LogP contribution in [0.4, 0.5) is 15.8 Å². The summed E-state index contributed by atoms with van der Waals surface area (Å²) in [4.78, 5) is 4.59. The second-order valence-corrected chi connectivity index (χ2v) is 7.71. The molecule has 3 aromatic carbocycles. The van der Waals surface area contributed by atoms with Gasteiger partial charge in [-0.3, -0.25) is 0 Å². The van der Waals surface area contributed by atoms with Gasteiger partial charge in [0.25, 0.3) is 0 Å². The fourth-order valence-electron chi connectivity index (χ4n) is 4.32. The Bertz CT molecular complexity index is 965. The van der Waals surface area contributed by atoms with Gasteiger partial charge in [0.1, 0.15) is 5.82 Å². The van der Waals surface area contributed by atoms with Crippen LogP contribution in [0.15, 0.2) is 78.9 Å². The molecule has 3 aromatic rings. The lowest BCUT2D eigenvalue weighted by molar-refractivity contribution is 0.140. The van der Waals surface area contributed by atoms with E-state index in [-0.39, 0.29) is 11.9 Å². The maximum Gasteiger partial charge on any atom is 0.123 e. The number of fused-ring (bicyclic) bond motifs is 1. The molecule has 2 atom stereocenters. The number of nitrogens with zero attached hydrogens (tertiary/aromatic N) is 2. The molecular formula is C25H28FN3O. The van der Waals surface area contributed by atoms with Crippen molar-refractivity contribution < 1.29 is 9.50 Å². The number of anilines is 2. The molecule has 2 N–H and O–H groups in total. The van der Waals surface area contributed by atoms with Crippen LogP contribution in [0.1, 0.15) is 17.2 Å². The summed E-state index contributed by atoms with van der Waals surface area (Å²) < 4.78 is 14.0. The molecule has 4 nitrogen and oxygen atoms in total. The molecule has 0 saturated heterocycles. The molecule has 0 fully saturated rings. The van der Waals surface area contributed by atoms with Gasteiger partial charge in [-0.05, 0) is 42.4 Å². The average Bonchev–Trinajstić information content (AvgIpc) is 2.76. The van der Waals surface area contributed by atoms with E-state index in [1.165, 1.54) is 17.7 Å². The van der Waals surface area contributed by atoms with Crippen molar-refractivity contribution in [3.63, 3.8) is 0 Å². The van der Waals surface area contributed by atoms with Crippen LogP contribution in [0.3, 0.4) is 0 Å². The number of benzene rings is 3. The third-order valence-corrected chi connectivity index (χ3v) is 5.66. The Morgan fingerprint density at radius 3 is 2.40 bits per heavy atom. The number of hydrogen-bond donors (Lipinski definition) is 2. The van der Waals surface area contributed by atoms with Gasteiger partial charge in [-0.15, -0.1) is 0 Å². The van der Waals surface area contributed by atoms with Crippen molar-refractivity contribution in [1.29, 1.82) is 0 Å².